The maximum Gasteiger partial charge on any atom is 0.324 e. The number of nitrogens with one attached hydrogen (secondary N) is 1. The molecule has 0 radical (unpaired) electrons. The quantitative estimate of drug-likeness (QED) is 0.797. The van der Waals surface area contributed by atoms with Crippen molar-refractivity contribution in [3.63, 3.8) is 0 Å². The molecule has 0 aromatic heterocycles. The molecule has 94 valence electrons. The summed E-state index contributed by atoms with van der Waals surface area (Å²) in [5.41, 5.74) is -1.15. The first kappa shape index (κ1) is 13.9. The summed E-state index contributed by atoms with van der Waals surface area (Å²) in [6, 6.07) is 3.22. The fourth-order valence-corrected chi connectivity index (χ4v) is 2.13. The van der Waals surface area contributed by atoms with Crippen LogP contribution in [-0.2, 0) is 4.79 Å². The molecule has 0 fully saturated rings. The molecular weight excluding hydrogens is 248 g/mol. The highest BCUT2D eigenvalue weighted by molar-refractivity contribution is 7.99. The lowest BCUT2D eigenvalue weighted by Crippen LogP contribution is -2.49. The second-order valence-electron chi connectivity index (χ2n) is 3.75. The number of aliphatic carboxylic acids is 1. The van der Waals surface area contributed by atoms with E-state index in [1.165, 1.54) is 20.0 Å². The predicted octanol–water partition coefficient (Wildman–Crippen LogP) is 2.12. The summed E-state index contributed by atoms with van der Waals surface area (Å²) in [5, 5.41) is 11.7. The minimum atomic E-state index is -1.15. The SMILES string of the molecule is CNC(C)(CSc1ccc(F)cc1F)C(=O)O. The van der Waals surface area contributed by atoms with Gasteiger partial charge in [0, 0.05) is 16.7 Å². The van der Waals surface area contributed by atoms with Crippen LogP contribution in [-0.4, -0.2) is 29.4 Å². The van der Waals surface area contributed by atoms with Crippen LogP contribution in [0.5, 0.6) is 0 Å². The Labute approximate surface area is 102 Å². The average molecular weight is 261 g/mol. The molecular formula is C11H13F2NO2S. The Morgan fingerprint density at radius 2 is 2.18 bits per heavy atom. The molecule has 3 nitrogen and oxygen atoms in total. The van der Waals surface area contributed by atoms with Gasteiger partial charge in [0.25, 0.3) is 0 Å². The normalized spacial score (nSPS) is 14.4. The predicted molar refractivity (Wildman–Crippen MR) is 62.2 cm³/mol. The number of carboxylic acid groups (broad SMARTS) is 1. The van der Waals surface area contributed by atoms with E-state index in [0.717, 1.165) is 23.9 Å². The molecule has 1 aromatic carbocycles. The third-order valence-corrected chi connectivity index (χ3v) is 3.80. The molecule has 0 heterocycles. The van der Waals surface area contributed by atoms with Crippen LogP contribution >= 0.6 is 11.8 Å². The van der Waals surface area contributed by atoms with Crippen LogP contribution < -0.4 is 5.32 Å². The van der Waals surface area contributed by atoms with Crippen molar-refractivity contribution in [2.24, 2.45) is 0 Å². The average Bonchev–Trinajstić information content (AvgIpc) is 2.27. The van der Waals surface area contributed by atoms with E-state index in [9.17, 15) is 13.6 Å². The van der Waals surface area contributed by atoms with Crippen molar-refractivity contribution < 1.29 is 18.7 Å². The number of thioether (sulfide) groups is 1. The highest BCUT2D eigenvalue weighted by atomic mass is 32.2. The second-order valence-corrected chi connectivity index (χ2v) is 4.77. The Hall–Kier alpha value is -1.14. The van der Waals surface area contributed by atoms with E-state index < -0.39 is 23.1 Å². The van der Waals surface area contributed by atoms with E-state index in [4.69, 9.17) is 5.11 Å². The Morgan fingerprint density at radius 3 is 2.65 bits per heavy atom. The van der Waals surface area contributed by atoms with Crippen LogP contribution in [0, 0.1) is 11.6 Å². The van der Waals surface area contributed by atoms with Gasteiger partial charge in [0.05, 0.1) is 0 Å². The van der Waals surface area contributed by atoms with Gasteiger partial charge in [-0.05, 0) is 26.1 Å². The van der Waals surface area contributed by atoms with Gasteiger partial charge in [-0.1, -0.05) is 0 Å². The van der Waals surface area contributed by atoms with Crippen LogP contribution in [0.15, 0.2) is 23.1 Å². The molecule has 0 amide bonds. The lowest BCUT2D eigenvalue weighted by atomic mass is 10.1. The minimum Gasteiger partial charge on any atom is -0.480 e. The molecule has 0 bridgehead atoms. The zero-order chi connectivity index (χ0) is 13.1. The Balaban J connectivity index is 2.76. The molecule has 0 spiro atoms. The zero-order valence-electron chi connectivity index (χ0n) is 9.46. The van der Waals surface area contributed by atoms with Crippen molar-refractivity contribution in [1.82, 2.24) is 5.32 Å². The Morgan fingerprint density at radius 1 is 1.53 bits per heavy atom. The number of likely N-dealkylation sites (N-methyl/N-ethyl adjacent to an activating group) is 1. The van der Waals surface area contributed by atoms with E-state index in [0.29, 0.717) is 0 Å². The molecule has 2 N–H and O–H groups in total. The molecule has 0 saturated heterocycles. The van der Waals surface area contributed by atoms with E-state index in [1.54, 1.807) is 0 Å². The van der Waals surface area contributed by atoms with Crippen molar-refractivity contribution in [2.75, 3.05) is 12.8 Å². The summed E-state index contributed by atoms with van der Waals surface area (Å²) in [5.74, 6) is -2.21. The number of hydrogen-bond donors (Lipinski definition) is 2. The van der Waals surface area contributed by atoms with Crippen molar-refractivity contribution in [1.29, 1.82) is 0 Å². The first-order valence-electron chi connectivity index (χ1n) is 4.89. The van der Waals surface area contributed by atoms with Crippen molar-refractivity contribution in [3.8, 4) is 0 Å². The van der Waals surface area contributed by atoms with Gasteiger partial charge in [-0.15, -0.1) is 11.8 Å². The molecule has 17 heavy (non-hydrogen) atoms. The fourth-order valence-electron chi connectivity index (χ4n) is 1.06. The van der Waals surface area contributed by atoms with Gasteiger partial charge >= 0.3 is 5.97 Å². The molecule has 6 heteroatoms. The highest BCUT2D eigenvalue weighted by Crippen LogP contribution is 2.25. The van der Waals surface area contributed by atoms with Gasteiger partial charge < -0.3 is 10.4 Å². The molecule has 1 aromatic rings. The van der Waals surface area contributed by atoms with E-state index >= 15 is 0 Å². The lowest BCUT2D eigenvalue weighted by molar-refractivity contribution is -0.142. The molecule has 1 unspecified atom stereocenters. The Bertz CT molecular complexity index is 428. The lowest BCUT2D eigenvalue weighted by Gasteiger charge is -2.23. The summed E-state index contributed by atoms with van der Waals surface area (Å²) < 4.78 is 26.0. The summed E-state index contributed by atoms with van der Waals surface area (Å²) in [7, 11) is 1.52. The van der Waals surface area contributed by atoms with E-state index in [-0.39, 0.29) is 10.6 Å². The molecule has 0 saturated carbocycles. The number of carbonyl (C=O) groups is 1. The van der Waals surface area contributed by atoms with Crippen LogP contribution in [0.1, 0.15) is 6.92 Å². The number of halogens is 2. The molecule has 1 rings (SSSR count). The maximum absolute atomic E-state index is 13.3. The first-order valence-corrected chi connectivity index (χ1v) is 5.88. The van der Waals surface area contributed by atoms with E-state index in [2.05, 4.69) is 5.32 Å². The number of benzene rings is 1. The van der Waals surface area contributed by atoms with Crippen LogP contribution in [0.3, 0.4) is 0 Å². The number of hydrogen-bond acceptors (Lipinski definition) is 3. The van der Waals surface area contributed by atoms with Gasteiger partial charge in [-0.3, -0.25) is 4.79 Å². The van der Waals surface area contributed by atoms with E-state index in [1.807, 2.05) is 0 Å². The number of rotatable bonds is 5. The van der Waals surface area contributed by atoms with Gasteiger partial charge in [0.1, 0.15) is 17.2 Å². The molecule has 1 atom stereocenters. The third-order valence-electron chi connectivity index (χ3n) is 2.43. The second kappa shape index (κ2) is 5.46. The van der Waals surface area contributed by atoms with Gasteiger partial charge in [-0.25, -0.2) is 8.78 Å². The Kier molecular flexibility index (Phi) is 4.47. The van der Waals surface area contributed by atoms with Crippen molar-refractivity contribution >= 4 is 17.7 Å². The van der Waals surface area contributed by atoms with Gasteiger partial charge in [0.15, 0.2) is 0 Å². The van der Waals surface area contributed by atoms with Crippen molar-refractivity contribution in [3.05, 3.63) is 29.8 Å². The monoisotopic (exact) mass is 261 g/mol. The van der Waals surface area contributed by atoms with Crippen LogP contribution in [0.4, 0.5) is 8.78 Å². The molecule has 0 aliphatic carbocycles. The van der Waals surface area contributed by atoms with Gasteiger partial charge in [-0.2, -0.15) is 0 Å². The minimum absolute atomic E-state index is 0.140. The largest absolute Gasteiger partial charge is 0.480 e. The summed E-state index contributed by atoms with van der Waals surface area (Å²) in [6.07, 6.45) is 0. The fraction of sp³-hybridized carbons (Fsp3) is 0.364. The molecule has 0 aliphatic rings. The van der Waals surface area contributed by atoms with Crippen LogP contribution in [0.25, 0.3) is 0 Å². The first-order chi connectivity index (χ1) is 7.89. The highest BCUT2D eigenvalue weighted by Gasteiger charge is 2.31. The zero-order valence-corrected chi connectivity index (χ0v) is 10.3. The number of carboxylic acids is 1. The summed E-state index contributed by atoms with van der Waals surface area (Å²) >= 11 is 1.03. The summed E-state index contributed by atoms with van der Waals surface area (Å²) in [6.45, 7) is 1.50. The maximum atomic E-state index is 13.3. The van der Waals surface area contributed by atoms with Crippen LogP contribution in [0.2, 0.25) is 0 Å². The smallest absolute Gasteiger partial charge is 0.324 e. The third kappa shape index (κ3) is 3.41. The molecule has 0 aliphatic heterocycles. The standard InChI is InChI=1S/C11H13F2NO2S/c1-11(14-2,10(15)16)6-17-9-4-3-7(12)5-8(9)13/h3-5,14H,6H2,1-2H3,(H,15,16). The summed E-state index contributed by atoms with van der Waals surface area (Å²) in [4.78, 5) is 11.2. The van der Waals surface area contributed by atoms with Gasteiger partial charge in [0.2, 0.25) is 0 Å². The topological polar surface area (TPSA) is 49.3 Å². The van der Waals surface area contributed by atoms with Crippen molar-refractivity contribution in [2.45, 2.75) is 17.4 Å².